The van der Waals surface area contributed by atoms with Crippen molar-refractivity contribution in [3.63, 3.8) is 0 Å². The summed E-state index contributed by atoms with van der Waals surface area (Å²) < 4.78 is 15.8. The highest BCUT2D eigenvalue weighted by Gasteiger charge is 2.26. The first-order chi connectivity index (χ1) is 14.4. The maximum Gasteiger partial charge on any atom is 0.152 e. The number of anilines is 2. The molecule has 30 heavy (non-hydrogen) atoms. The highest BCUT2D eigenvalue weighted by atomic mass is 19.1. The molecule has 3 aromatic heterocycles. The van der Waals surface area contributed by atoms with Crippen molar-refractivity contribution in [3.8, 4) is 11.4 Å². The number of rotatable bonds is 2. The van der Waals surface area contributed by atoms with Gasteiger partial charge in [0.25, 0.3) is 0 Å². The largest absolute Gasteiger partial charge is 0.508 e. The van der Waals surface area contributed by atoms with E-state index in [-0.39, 0.29) is 5.75 Å². The van der Waals surface area contributed by atoms with Crippen LogP contribution in [0.4, 0.5) is 15.9 Å². The van der Waals surface area contributed by atoms with Crippen LogP contribution in [-0.4, -0.2) is 43.9 Å². The summed E-state index contributed by atoms with van der Waals surface area (Å²) in [5.41, 5.74) is 11.8. The van der Waals surface area contributed by atoms with Crippen molar-refractivity contribution in [2.45, 2.75) is 33.4 Å². The number of halogens is 1. The molecule has 1 fully saturated rings. The normalized spacial score (nSPS) is 16.8. The number of benzene rings is 1. The molecular formula is C22H23FN6O. The van der Waals surface area contributed by atoms with E-state index in [2.05, 4.69) is 9.97 Å². The van der Waals surface area contributed by atoms with Crippen LogP contribution in [0.3, 0.4) is 0 Å². The second-order valence-corrected chi connectivity index (χ2v) is 7.96. The summed E-state index contributed by atoms with van der Waals surface area (Å²) >= 11 is 0. The lowest BCUT2D eigenvalue weighted by Gasteiger charge is -2.20. The van der Waals surface area contributed by atoms with Gasteiger partial charge >= 0.3 is 0 Å². The van der Waals surface area contributed by atoms with E-state index in [1.807, 2.05) is 42.4 Å². The average Bonchev–Trinajstić information content (AvgIpc) is 3.27. The Kier molecular flexibility index (Phi) is 4.06. The topological polar surface area (TPSA) is 93.1 Å². The zero-order chi connectivity index (χ0) is 21.2. The summed E-state index contributed by atoms with van der Waals surface area (Å²) in [6.07, 6.45) is 1.13. The molecule has 1 saturated heterocycles. The maximum absolute atomic E-state index is 13.8. The smallest absolute Gasteiger partial charge is 0.152 e. The summed E-state index contributed by atoms with van der Waals surface area (Å²) in [5.74, 6) is 0.563. The molecule has 3 N–H and O–H groups in total. The molecule has 0 radical (unpaired) electrons. The Morgan fingerprint density at radius 3 is 2.70 bits per heavy atom. The van der Waals surface area contributed by atoms with Crippen LogP contribution in [0, 0.1) is 20.8 Å². The number of alkyl halides is 1. The highest BCUT2D eigenvalue weighted by Crippen LogP contribution is 2.39. The van der Waals surface area contributed by atoms with Crippen LogP contribution in [-0.2, 0) is 0 Å². The number of aromatic nitrogens is 4. The van der Waals surface area contributed by atoms with Gasteiger partial charge in [0.05, 0.1) is 22.5 Å². The molecule has 4 aromatic rings. The van der Waals surface area contributed by atoms with Crippen LogP contribution in [0.25, 0.3) is 27.8 Å². The number of aromatic hydroxyl groups is 1. The molecule has 0 bridgehead atoms. The minimum Gasteiger partial charge on any atom is -0.508 e. The van der Waals surface area contributed by atoms with Crippen LogP contribution in [0.1, 0.15) is 23.2 Å². The molecule has 154 valence electrons. The highest BCUT2D eigenvalue weighted by molar-refractivity contribution is 6.12. The molecule has 1 aromatic carbocycles. The van der Waals surface area contributed by atoms with Gasteiger partial charge < -0.3 is 15.7 Å². The monoisotopic (exact) mass is 406 g/mol. The summed E-state index contributed by atoms with van der Waals surface area (Å²) in [7, 11) is 0. The predicted molar refractivity (Wildman–Crippen MR) is 116 cm³/mol. The van der Waals surface area contributed by atoms with E-state index < -0.39 is 6.17 Å². The number of aryl methyl sites for hydroxylation is 2. The minimum absolute atomic E-state index is 0.201. The summed E-state index contributed by atoms with van der Waals surface area (Å²) in [4.78, 5) is 15.6. The Labute approximate surface area is 173 Å². The van der Waals surface area contributed by atoms with Gasteiger partial charge in [-0.2, -0.15) is 0 Å². The number of hydrogen-bond acceptors (Lipinski definition) is 6. The van der Waals surface area contributed by atoms with Crippen molar-refractivity contribution in [2.24, 2.45) is 0 Å². The molecule has 1 aliphatic rings. The second kappa shape index (κ2) is 6.55. The van der Waals surface area contributed by atoms with E-state index >= 15 is 0 Å². The fourth-order valence-electron chi connectivity index (χ4n) is 4.49. The summed E-state index contributed by atoms with van der Waals surface area (Å²) in [6.45, 7) is 6.80. The number of pyridine rings is 1. The molecule has 4 heterocycles. The van der Waals surface area contributed by atoms with Gasteiger partial charge in [0, 0.05) is 24.0 Å². The number of nitrogens with two attached hydrogens (primary N) is 1. The Morgan fingerprint density at radius 1 is 1.17 bits per heavy atom. The molecule has 8 heteroatoms. The standard InChI is InChI=1S/C22H23FN6O/c1-11-4-5-17(30)12(2)19(11)29-21-15(18-20(24)25-10-26-22(18)29)8-16(13(3)27-21)28-7-6-14(23)9-28/h4-5,8,10,14,30H,6-7,9H2,1-3H3,(H2,24,25,26)/t14-/m0/s1. The zero-order valence-electron chi connectivity index (χ0n) is 17.1. The molecule has 1 atom stereocenters. The lowest BCUT2D eigenvalue weighted by atomic mass is 10.1. The first-order valence-electron chi connectivity index (χ1n) is 9.97. The molecular weight excluding hydrogens is 383 g/mol. The first kappa shape index (κ1) is 18.6. The predicted octanol–water partition coefficient (Wildman–Crippen LogP) is 3.73. The van der Waals surface area contributed by atoms with Crippen LogP contribution in [0.5, 0.6) is 5.75 Å². The van der Waals surface area contributed by atoms with Crippen LogP contribution in [0.15, 0.2) is 24.5 Å². The Morgan fingerprint density at radius 2 is 1.97 bits per heavy atom. The number of hydrogen-bond donors (Lipinski definition) is 2. The van der Waals surface area contributed by atoms with Gasteiger partial charge in [0.15, 0.2) is 5.65 Å². The number of phenolic OH excluding ortho intramolecular Hbond substituents is 1. The second-order valence-electron chi connectivity index (χ2n) is 7.96. The molecule has 0 spiro atoms. The van der Waals surface area contributed by atoms with E-state index in [9.17, 15) is 9.50 Å². The van der Waals surface area contributed by atoms with Crippen molar-refractivity contribution in [2.75, 3.05) is 23.7 Å². The van der Waals surface area contributed by atoms with Crippen molar-refractivity contribution in [3.05, 3.63) is 41.3 Å². The quantitative estimate of drug-likeness (QED) is 0.527. The van der Waals surface area contributed by atoms with Gasteiger partial charge in [0.1, 0.15) is 29.7 Å². The molecule has 0 unspecified atom stereocenters. The number of phenols is 1. The minimum atomic E-state index is -0.826. The molecule has 0 amide bonds. The maximum atomic E-state index is 13.8. The molecule has 7 nitrogen and oxygen atoms in total. The molecule has 1 aliphatic heterocycles. The number of fused-ring (bicyclic) bond motifs is 3. The first-order valence-corrected chi connectivity index (χ1v) is 9.97. The van der Waals surface area contributed by atoms with E-state index in [4.69, 9.17) is 10.7 Å². The van der Waals surface area contributed by atoms with Crippen LogP contribution in [0.2, 0.25) is 0 Å². The summed E-state index contributed by atoms with van der Waals surface area (Å²) in [6, 6.07) is 5.57. The van der Waals surface area contributed by atoms with Gasteiger partial charge in [-0.15, -0.1) is 0 Å². The van der Waals surface area contributed by atoms with Gasteiger partial charge in [-0.3, -0.25) is 4.57 Å². The SMILES string of the molecule is Cc1ccc(O)c(C)c1-n1c2nc(C)c(N3CC[C@H](F)C3)cc2c2c(N)ncnc21. The van der Waals surface area contributed by atoms with Crippen molar-refractivity contribution in [1.29, 1.82) is 0 Å². The van der Waals surface area contributed by atoms with Gasteiger partial charge in [-0.25, -0.2) is 19.3 Å². The van der Waals surface area contributed by atoms with E-state index in [1.54, 1.807) is 6.07 Å². The van der Waals surface area contributed by atoms with Gasteiger partial charge in [-0.1, -0.05) is 6.07 Å². The fourth-order valence-corrected chi connectivity index (χ4v) is 4.49. The molecule has 0 saturated carbocycles. The third-order valence-electron chi connectivity index (χ3n) is 6.01. The summed E-state index contributed by atoms with van der Waals surface area (Å²) in [5, 5.41) is 11.9. The van der Waals surface area contributed by atoms with Gasteiger partial charge in [0.2, 0.25) is 0 Å². The lowest BCUT2D eigenvalue weighted by molar-refractivity contribution is 0.364. The number of nitrogen functional groups attached to an aromatic ring is 1. The number of nitrogens with zero attached hydrogens (tertiary/aromatic N) is 5. The van der Waals surface area contributed by atoms with Gasteiger partial charge in [-0.05, 0) is 44.9 Å². The molecule has 0 aliphatic carbocycles. The average molecular weight is 406 g/mol. The Balaban J connectivity index is 1.89. The van der Waals surface area contributed by atoms with Crippen molar-refractivity contribution >= 4 is 33.6 Å². The van der Waals surface area contributed by atoms with Crippen molar-refractivity contribution in [1.82, 2.24) is 19.5 Å². The van der Waals surface area contributed by atoms with Crippen LogP contribution >= 0.6 is 0 Å². The van der Waals surface area contributed by atoms with E-state index in [0.717, 1.165) is 33.6 Å². The van der Waals surface area contributed by atoms with E-state index in [0.29, 0.717) is 42.0 Å². The van der Waals surface area contributed by atoms with Crippen molar-refractivity contribution < 1.29 is 9.50 Å². The Hall–Kier alpha value is -3.42. The third kappa shape index (κ3) is 2.59. The van der Waals surface area contributed by atoms with E-state index in [1.165, 1.54) is 6.33 Å². The Bertz CT molecular complexity index is 1310. The lowest BCUT2D eigenvalue weighted by Crippen LogP contribution is -2.21. The molecule has 5 rings (SSSR count). The van der Waals surface area contributed by atoms with Crippen LogP contribution < -0.4 is 10.6 Å². The zero-order valence-corrected chi connectivity index (χ0v) is 17.1. The fraction of sp³-hybridized carbons (Fsp3) is 0.318. The third-order valence-corrected chi connectivity index (χ3v) is 6.01.